The lowest BCUT2D eigenvalue weighted by Gasteiger charge is -2.31. The minimum Gasteiger partial charge on any atom is -0.481 e. The van der Waals surface area contributed by atoms with E-state index in [2.05, 4.69) is 10.6 Å². The molecule has 0 aromatic carbocycles. The predicted molar refractivity (Wildman–Crippen MR) is 65.0 cm³/mol. The quantitative estimate of drug-likeness (QED) is 0.711. The Morgan fingerprint density at radius 2 is 2.00 bits per heavy atom. The third-order valence-corrected chi connectivity index (χ3v) is 4.07. The second kappa shape index (κ2) is 5.59. The molecule has 0 radical (unpaired) electrons. The molecule has 0 bridgehead atoms. The van der Waals surface area contributed by atoms with Gasteiger partial charge in [0.15, 0.2) is 5.41 Å². The summed E-state index contributed by atoms with van der Waals surface area (Å²) in [5, 5.41) is 13.8. The van der Waals surface area contributed by atoms with E-state index in [1.165, 1.54) is 6.92 Å². The molecule has 0 spiro atoms. The smallest absolute Gasteiger partial charge is 0.404 e. The first-order valence-corrected chi connectivity index (χ1v) is 6.38. The number of hydrogen-bond acceptors (Lipinski definition) is 3. The molecule has 0 saturated carbocycles. The summed E-state index contributed by atoms with van der Waals surface area (Å²) in [5.41, 5.74) is -3.73. The van der Waals surface area contributed by atoms with Crippen molar-refractivity contribution >= 4 is 11.9 Å². The highest BCUT2D eigenvalue weighted by Crippen LogP contribution is 2.43. The van der Waals surface area contributed by atoms with Gasteiger partial charge in [0, 0.05) is 13.1 Å². The summed E-state index contributed by atoms with van der Waals surface area (Å²) >= 11 is 0. The number of carboxylic acid groups (broad SMARTS) is 1. The van der Waals surface area contributed by atoms with Crippen molar-refractivity contribution in [3.8, 4) is 0 Å². The Hall–Kier alpha value is -1.31. The van der Waals surface area contributed by atoms with Crippen molar-refractivity contribution in [3.63, 3.8) is 0 Å². The number of carbonyl (C=O) groups is 2. The largest absolute Gasteiger partial charge is 0.481 e. The van der Waals surface area contributed by atoms with Crippen molar-refractivity contribution in [1.29, 1.82) is 0 Å². The lowest BCUT2D eigenvalue weighted by molar-refractivity contribution is -0.216. The molecule has 116 valence electrons. The van der Waals surface area contributed by atoms with E-state index in [0.29, 0.717) is 0 Å². The van der Waals surface area contributed by atoms with Crippen molar-refractivity contribution < 1.29 is 27.9 Å². The van der Waals surface area contributed by atoms with Crippen molar-refractivity contribution in [2.24, 2.45) is 10.8 Å². The predicted octanol–water partition coefficient (Wildman–Crippen LogP) is 1.15. The Morgan fingerprint density at radius 3 is 2.35 bits per heavy atom. The topological polar surface area (TPSA) is 78.4 Å². The van der Waals surface area contributed by atoms with Gasteiger partial charge in [0.05, 0.1) is 5.41 Å². The van der Waals surface area contributed by atoms with E-state index in [0.717, 1.165) is 0 Å². The normalized spacial score (nSPS) is 26.1. The van der Waals surface area contributed by atoms with Gasteiger partial charge in [-0.15, -0.1) is 0 Å². The molecule has 5 nitrogen and oxygen atoms in total. The van der Waals surface area contributed by atoms with Crippen LogP contribution in [0.3, 0.4) is 0 Å². The standard InChI is InChI=1S/C12H19F3N2O3/c1-3-10(2,9(19)20)6-17-8(18)11(12(13,14)15)4-5-16-7-11/h16H,3-7H2,1-2H3,(H,17,18)(H,19,20). The van der Waals surface area contributed by atoms with Gasteiger partial charge in [0.25, 0.3) is 0 Å². The van der Waals surface area contributed by atoms with Crippen LogP contribution >= 0.6 is 0 Å². The third-order valence-electron chi connectivity index (χ3n) is 4.07. The first-order chi connectivity index (χ1) is 9.09. The molecule has 8 heteroatoms. The van der Waals surface area contributed by atoms with Crippen molar-refractivity contribution in [3.05, 3.63) is 0 Å². The Labute approximate surface area is 114 Å². The summed E-state index contributed by atoms with van der Waals surface area (Å²) < 4.78 is 39.3. The monoisotopic (exact) mass is 296 g/mol. The highest BCUT2D eigenvalue weighted by atomic mass is 19.4. The highest BCUT2D eigenvalue weighted by molar-refractivity contribution is 5.85. The van der Waals surface area contributed by atoms with Gasteiger partial charge in [-0.1, -0.05) is 6.92 Å². The maximum absolute atomic E-state index is 13.1. The van der Waals surface area contributed by atoms with E-state index in [1.807, 2.05) is 0 Å². The zero-order chi connectivity index (χ0) is 15.6. The average molecular weight is 296 g/mol. The number of halogens is 3. The molecule has 2 unspecified atom stereocenters. The molecular weight excluding hydrogens is 277 g/mol. The van der Waals surface area contributed by atoms with Crippen LogP contribution in [0.2, 0.25) is 0 Å². The van der Waals surface area contributed by atoms with E-state index in [4.69, 9.17) is 5.11 Å². The van der Waals surface area contributed by atoms with Gasteiger partial charge in [-0.2, -0.15) is 13.2 Å². The lowest BCUT2D eigenvalue weighted by Crippen LogP contribution is -2.54. The second-order valence-corrected chi connectivity index (χ2v) is 5.41. The van der Waals surface area contributed by atoms with Gasteiger partial charge in [-0.25, -0.2) is 0 Å². The van der Waals surface area contributed by atoms with Gasteiger partial charge in [-0.05, 0) is 26.3 Å². The minimum absolute atomic E-state index is 0.108. The number of rotatable bonds is 5. The average Bonchev–Trinajstić information content (AvgIpc) is 2.85. The van der Waals surface area contributed by atoms with Gasteiger partial charge < -0.3 is 15.7 Å². The van der Waals surface area contributed by atoms with E-state index in [9.17, 15) is 22.8 Å². The summed E-state index contributed by atoms with van der Waals surface area (Å²) in [6.45, 7) is 2.31. The third kappa shape index (κ3) is 2.89. The molecule has 3 N–H and O–H groups in total. The molecule has 1 amide bonds. The molecule has 20 heavy (non-hydrogen) atoms. The van der Waals surface area contributed by atoms with E-state index < -0.39 is 35.4 Å². The summed E-state index contributed by atoms with van der Waals surface area (Å²) in [6.07, 6.45) is -4.79. The van der Waals surface area contributed by atoms with Crippen LogP contribution in [0, 0.1) is 10.8 Å². The van der Waals surface area contributed by atoms with Gasteiger partial charge in [0.1, 0.15) is 0 Å². The van der Waals surface area contributed by atoms with Gasteiger partial charge in [0.2, 0.25) is 5.91 Å². The molecular formula is C12H19F3N2O3. The van der Waals surface area contributed by atoms with E-state index >= 15 is 0 Å². The second-order valence-electron chi connectivity index (χ2n) is 5.41. The number of hydrogen-bond donors (Lipinski definition) is 3. The summed E-state index contributed by atoms with van der Waals surface area (Å²) in [5.74, 6) is -2.30. The first-order valence-electron chi connectivity index (χ1n) is 6.38. The van der Waals surface area contributed by atoms with Crippen LogP contribution in [0.4, 0.5) is 13.2 Å². The lowest BCUT2D eigenvalue weighted by atomic mass is 9.83. The zero-order valence-corrected chi connectivity index (χ0v) is 11.4. The Balaban J connectivity index is 2.82. The van der Waals surface area contributed by atoms with Crippen LogP contribution in [0.15, 0.2) is 0 Å². The van der Waals surface area contributed by atoms with Crippen LogP contribution in [-0.4, -0.2) is 42.8 Å². The Kier molecular flexibility index (Phi) is 4.68. The SMILES string of the molecule is CCC(C)(CNC(=O)C1(C(F)(F)F)CCNC1)C(=O)O. The number of aliphatic carboxylic acids is 1. The molecule has 1 rings (SSSR count). The molecule has 1 fully saturated rings. The number of carboxylic acids is 1. The van der Waals surface area contributed by atoms with E-state index in [-0.39, 0.29) is 25.9 Å². The van der Waals surface area contributed by atoms with Gasteiger partial charge >= 0.3 is 12.1 Å². The maximum Gasteiger partial charge on any atom is 0.404 e. The first kappa shape index (κ1) is 16.7. The van der Waals surface area contributed by atoms with Crippen molar-refractivity contribution in [2.45, 2.75) is 32.9 Å². The van der Waals surface area contributed by atoms with Gasteiger partial charge in [-0.3, -0.25) is 9.59 Å². The molecule has 1 aliphatic heterocycles. The molecule has 0 aromatic heterocycles. The molecule has 1 aliphatic rings. The minimum atomic E-state index is -4.66. The van der Waals surface area contributed by atoms with Crippen LogP contribution in [0.25, 0.3) is 0 Å². The molecule has 1 heterocycles. The van der Waals surface area contributed by atoms with Crippen molar-refractivity contribution in [1.82, 2.24) is 10.6 Å². The van der Waals surface area contributed by atoms with Crippen LogP contribution in [0.1, 0.15) is 26.7 Å². The van der Waals surface area contributed by atoms with Crippen molar-refractivity contribution in [2.75, 3.05) is 19.6 Å². The fourth-order valence-electron chi connectivity index (χ4n) is 2.05. The zero-order valence-electron chi connectivity index (χ0n) is 11.4. The maximum atomic E-state index is 13.1. The Morgan fingerprint density at radius 1 is 1.40 bits per heavy atom. The van der Waals surface area contributed by atoms with Crippen LogP contribution in [-0.2, 0) is 9.59 Å². The molecule has 0 aliphatic carbocycles. The highest BCUT2D eigenvalue weighted by Gasteiger charge is 2.61. The summed E-state index contributed by atoms with van der Waals surface area (Å²) in [7, 11) is 0. The molecule has 2 atom stereocenters. The Bertz CT molecular complexity index is 392. The van der Waals surface area contributed by atoms with Crippen LogP contribution < -0.4 is 10.6 Å². The fourth-order valence-corrected chi connectivity index (χ4v) is 2.05. The number of carbonyl (C=O) groups excluding carboxylic acids is 1. The number of alkyl halides is 3. The fraction of sp³-hybridized carbons (Fsp3) is 0.833. The molecule has 1 saturated heterocycles. The van der Waals surface area contributed by atoms with E-state index in [1.54, 1.807) is 6.92 Å². The molecule has 0 aromatic rings. The van der Waals surface area contributed by atoms with Crippen LogP contribution in [0.5, 0.6) is 0 Å². The number of nitrogens with one attached hydrogen (secondary N) is 2. The number of amides is 1. The summed E-state index contributed by atoms with van der Waals surface area (Å²) in [6, 6.07) is 0. The summed E-state index contributed by atoms with van der Waals surface area (Å²) in [4.78, 5) is 23.0.